The highest BCUT2D eigenvalue weighted by Gasteiger charge is 2.50. The maximum Gasteiger partial charge on any atom is 0.0727 e. The van der Waals surface area contributed by atoms with Gasteiger partial charge in [0.05, 0.1) is 5.41 Å². The second kappa shape index (κ2) is 13.9. The highest BCUT2D eigenvalue weighted by atomic mass is 79.9. The van der Waals surface area contributed by atoms with Gasteiger partial charge in [-0.2, -0.15) is 0 Å². The van der Waals surface area contributed by atoms with Gasteiger partial charge < -0.3 is 9.80 Å². The number of fused-ring (bicyclic) bond motifs is 12. The first kappa shape index (κ1) is 34.3. The van der Waals surface area contributed by atoms with Crippen LogP contribution in [0.5, 0.6) is 0 Å². The van der Waals surface area contributed by atoms with Gasteiger partial charge in [0.15, 0.2) is 0 Å². The Labute approximate surface area is 348 Å². The summed E-state index contributed by atoms with van der Waals surface area (Å²) in [5.74, 6) is 0. The number of rotatable bonds is 6. The molecule has 2 nitrogen and oxygen atoms in total. The zero-order valence-electron chi connectivity index (χ0n) is 31.6. The number of benzene rings is 9. The second-order valence-electron chi connectivity index (χ2n) is 15.0. The molecule has 0 aliphatic heterocycles. The fraction of sp³-hybridized carbons (Fsp3) is 0.0182. The Morgan fingerprint density at radius 2 is 0.655 bits per heavy atom. The molecule has 9 aromatic rings. The molecule has 274 valence electrons. The Morgan fingerprint density at radius 1 is 0.276 bits per heavy atom. The third-order valence-corrected chi connectivity index (χ3v) is 12.6. The lowest BCUT2D eigenvalue weighted by atomic mass is 9.65. The molecule has 0 N–H and O–H groups in total. The standard InChI is InChI=1S/C55H37BrN2/c56-53-31-17-30-50-54(53)48-28-15-16-29-49(48)55(50)51-36-42(57(38-18-5-1-6-19-38)39-20-7-2-8-21-39)32-34-46(51)44-26-13-14-27-45(44)47-35-33-43(37-52(47)55)58(40-22-9-3-10-23-40)41-24-11-4-12-25-41/h1-37H. The Bertz CT molecular complexity index is 2730. The van der Waals surface area contributed by atoms with Gasteiger partial charge in [-0.1, -0.05) is 162 Å². The summed E-state index contributed by atoms with van der Waals surface area (Å²) in [5, 5.41) is 0. The SMILES string of the molecule is Brc1cccc2c1-c1ccccc1C21c2cc(N(c3ccccc3)c3ccccc3)ccc2-c2ccccc2-c2ccc(N(c3ccccc3)c3ccccc3)cc21. The summed E-state index contributed by atoms with van der Waals surface area (Å²) in [5.41, 5.74) is 18.4. The van der Waals surface area contributed by atoms with Crippen LogP contribution in [0.3, 0.4) is 0 Å². The summed E-state index contributed by atoms with van der Waals surface area (Å²) >= 11 is 4.08. The summed E-state index contributed by atoms with van der Waals surface area (Å²) in [6, 6.07) is 82.0. The van der Waals surface area contributed by atoms with E-state index in [9.17, 15) is 0 Å². The van der Waals surface area contributed by atoms with Crippen LogP contribution in [0.25, 0.3) is 33.4 Å². The third-order valence-electron chi connectivity index (χ3n) is 11.9. The van der Waals surface area contributed by atoms with E-state index in [1.54, 1.807) is 0 Å². The average Bonchev–Trinajstić information content (AvgIpc) is 3.54. The van der Waals surface area contributed by atoms with E-state index in [2.05, 4.69) is 250 Å². The number of para-hydroxylation sites is 4. The Kier molecular flexibility index (Phi) is 8.23. The summed E-state index contributed by atoms with van der Waals surface area (Å²) < 4.78 is 1.09. The van der Waals surface area contributed by atoms with Crippen LogP contribution >= 0.6 is 15.9 Å². The summed E-state index contributed by atoms with van der Waals surface area (Å²) in [6.45, 7) is 0. The molecule has 3 heteroatoms. The van der Waals surface area contributed by atoms with Crippen molar-refractivity contribution in [1.29, 1.82) is 0 Å². The average molecular weight is 806 g/mol. The van der Waals surface area contributed by atoms with Gasteiger partial charge in [-0.15, -0.1) is 0 Å². The van der Waals surface area contributed by atoms with Crippen molar-refractivity contribution in [3.8, 4) is 33.4 Å². The number of hydrogen-bond acceptors (Lipinski definition) is 2. The quantitative estimate of drug-likeness (QED) is 0.165. The van der Waals surface area contributed by atoms with Crippen molar-refractivity contribution in [3.63, 3.8) is 0 Å². The van der Waals surface area contributed by atoms with Crippen molar-refractivity contribution in [2.75, 3.05) is 9.80 Å². The molecular weight excluding hydrogens is 769 g/mol. The van der Waals surface area contributed by atoms with Gasteiger partial charge >= 0.3 is 0 Å². The van der Waals surface area contributed by atoms with E-state index in [-0.39, 0.29) is 0 Å². The maximum atomic E-state index is 4.08. The highest BCUT2D eigenvalue weighted by molar-refractivity contribution is 9.10. The van der Waals surface area contributed by atoms with Gasteiger partial charge in [0, 0.05) is 44.2 Å². The number of anilines is 6. The van der Waals surface area contributed by atoms with Gasteiger partial charge in [-0.05, 0) is 129 Å². The van der Waals surface area contributed by atoms with Crippen molar-refractivity contribution in [1.82, 2.24) is 0 Å². The molecule has 2 aliphatic carbocycles. The van der Waals surface area contributed by atoms with Crippen molar-refractivity contribution < 1.29 is 0 Å². The van der Waals surface area contributed by atoms with Crippen LogP contribution in [-0.4, -0.2) is 0 Å². The molecule has 0 saturated heterocycles. The zero-order valence-corrected chi connectivity index (χ0v) is 33.2. The third kappa shape index (κ3) is 5.24. The van der Waals surface area contributed by atoms with Crippen LogP contribution in [0.15, 0.2) is 229 Å². The van der Waals surface area contributed by atoms with E-state index in [1.807, 2.05) is 0 Å². The second-order valence-corrected chi connectivity index (χ2v) is 15.8. The fourth-order valence-corrected chi connectivity index (χ4v) is 10.2. The van der Waals surface area contributed by atoms with Crippen molar-refractivity contribution in [2.45, 2.75) is 5.41 Å². The minimum Gasteiger partial charge on any atom is -0.310 e. The highest BCUT2D eigenvalue weighted by Crippen LogP contribution is 2.63. The van der Waals surface area contributed by atoms with Crippen LogP contribution in [0.1, 0.15) is 22.3 Å². The van der Waals surface area contributed by atoms with Gasteiger partial charge in [0.1, 0.15) is 0 Å². The maximum absolute atomic E-state index is 4.08. The van der Waals surface area contributed by atoms with Crippen LogP contribution in [-0.2, 0) is 5.41 Å². The molecular formula is C55H37BrN2. The molecule has 58 heavy (non-hydrogen) atoms. The first-order valence-corrected chi connectivity index (χ1v) is 20.6. The summed E-state index contributed by atoms with van der Waals surface area (Å²) in [4.78, 5) is 4.77. The molecule has 2 aliphatic rings. The smallest absolute Gasteiger partial charge is 0.0727 e. The Balaban J connectivity index is 1.29. The molecule has 0 atom stereocenters. The molecule has 9 aromatic carbocycles. The molecule has 0 unspecified atom stereocenters. The molecule has 0 heterocycles. The normalized spacial score (nSPS) is 12.7. The van der Waals surface area contributed by atoms with Crippen molar-refractivity contribution in [3.05, 3.63) is 251 Å². The van der Waals surface area contributed by atoms with E-state index >= 15 is 0 Å². The molecule has 1 spiro atoms. The van der Waals surface area contributed by atoms with E-state index in [0.717, 1.165) is 38.6 Å². The number of hydrogen-bond donors (Lipinski definition) is 0. The first-order valence-electron chi connectivity index (χ1n) is 19.8. The number of halogens is 1. The van der Waals surface area contributed by atoms with Gasteiger partial charge in [0.2, 0.25) is 0 Å². The van der Waals surface area contributed by atoms with Gasteiger partial charge in [-0.25, -0.2) is 0 Å². The lowest BCUT2D eigenvalue weighted by Crippen LogP contribution is -2.30. The lowest BCUT2D eigenvalue weighted by Gasteiger charge is -2.37. The van der Waals surface area contributed by atoms with Gasteiger partial charge in [-0.3, -0.25) is 0 Å². The lowest BCUT2D eigenvalue weighted by molar-refractivity contribution is 0.775. The largest absolute Gasteiger partial charge is 0.310 e. The molecule has 0 bridgehead atoms. The fourth-order valence-electron chi connectivity index (χ4n) is 9.60. The topological polar surface area (TPSA) is 6.48 Å². The molecule has 11 rings (SSSR count). The minimum absolute atomic E-state index is 0.691. The van der Waals surface area contributed by atoms with E-state index < -0.39 is 5.41 Å². The minimum atomic E-state index is -0.691. The van der Waals surface area contributed by atoms with Crippen molar-refractivity contribution >= 4 is 50.1 Å². The molecule has 0 radical (unpaired) electrons. The van der Waals surface area contributed by atoms with Crippen LogP contribution in [0.4, 0.5) is 34.1 Å². The Hall–Kier alpha value is -6.94. The van der Waals surface area contributed by atoms with E-state index in [4.69, 9.17) is 0 Å². The van der Waals surface area contributed by atoms with Crippen LogP contribution in [0, 0.1) is 0 Å². The number of nitrogens with zero attached hydrogens (tertiary/aromatic N) is 2. The van der Waals surface area contributed by atoms with E-state index in [1.165, 1.54) is 55.6 Å². The molecule has 0 fully saturated rings. The predicted octanol–water partition coefficient (Wildman–Crippen LogP) is 15.4. The molecule has 0 aromatic heterocycles. The first-order chi connectivity index (χ1) is 28.7. The van der Waals surface area contributed by atoms with Crippen LogP contribution in [0.2, 0.25) is 0 Å². The Morgan fingerprint density at radius 3 is 1.10 bits per heavy atom. The van der Waals surface area contributed by atoms with Crippen LogP contribution < -0.4 is 9.80 Å². The summed E-state index contributed by atoms with van der Waals surface area (Å²) in [7, 11) is 0. The molecule has 0 saturated carbocycles. The molecule has 0 amide bonds. The van der Waals surface area contributed by atoms with Crippen molar-refractivity contribution in [2.24, 2.45) is 0 Å². The van der Waals surface area contributed by atoms with E-state index in [0.29, 0.717) is 0 Å². The predicted molar refractivity (Wildman–Crippen MR) is 245 cm³/mol. The zero-order chi connectivity index (χ0) is 38.6. The monoisotopic (exact) mass is 804 g/mol. The summed E-state index contributed by atoms with van der Waals surface area (Å²) in [6.07, 6.45) is 0. The van der Waals surface area contributed by atoms with Gasteiger partial charge in [0.25, 0.3) is 0 Å².